The number of rotatable bonds is 3. The number of hydrogen-bond donors (Lipinski definition) is 1. The van der Waals surface area contributed by atoms with Gasteiger partial charge in [-0.15, -0.1) is 0 Å². The van der Waals surface area contributed by atoms with Crippen LogP contribution in [0.2, 0.25) is 5.02 Å². The molecule has 3 heterocycles. The van der Waals surface area contributed by atoms with E-state index in [2.05, 4.69) is 26.3 Å². The monoisotopic (exact) mass is 498 g/mol. The van der Waals surface area contributed by atoms with Gasteiger partial charge in [0.2, 0.25) is 17.7 Å². The lowest BCUT2D eigenvalue weighted by atomic mass is 9.88. The zero-order chi connectivity index (χ0) is 21.7. The quantitative estimate of drug-likeness (QED) is 0.656. The molecule has 3 aliphatic heterocycles. The number of carbonyl (C=O) groups is 3. The average molecular weight is 500 g/mol. The Hall–Kier alpha value is -2.97. The number of fused-ring (bicyclic) bond motifs is 3. The van der Waals surface area contributed by atoms with Gasteiger partial charge in [0, 0.05) is 21.4 Å². The van der Waals surface area contributed by atoms with Gasteiger partial charge >= 0.3 is 0 Å². The number of carbonyl (C=O) groups excluding carboxylic acids is 3. The smallest absolute Gasteiger partial charge is 0.249 e. The van der Waals surface area contributed by atoms with Crippen molar-refractivity contribution in [1.82, 2.24) is 5.01 Å². The number of anilines is 2. The van der Waals surface area contributed by atoms with Crippen LogP contribution in [0.15, 0.2) is 70.3 Å². The molecule has 2 fully saturated rings. The molecular weight excluding hydrogens is 484 g/mol. The van der Waals surface area contributed by atoms with Crippen LogP contribution in [0.1, 0.15) is 0 Å². The van der Waals surface area contributed by atoms with Gasteiger partial charge in [-0.05, 0) is 54.6 Å². The summed E-state index contributed by atoms with van der Waals surface area (Å²) >= 11 is 9.28. The standard InChI is InChI=1S/C22H16BrClN4O3/c23-12-3-9-15(10-4-12)27-21(30)17-16-2-1-11-25-28(16)19(18(17)22(27)31)20(29)26-14-7-5-13(24)6-8-14/h1-11,16-19H,(H,26,29)/t16-,17-,18-,19+/m1/s1. The molecule has 0 radical (unpaired) electrons. The molecule has 2 aromatic carbocycles. The number of amides is 3. The number of benzene rings is 2. The first-order valence-electron chi connectivity index (χ1n) is 9.64. The minimum absolute atomic E-state index is 0.323. The second-order valence-corrected chi connectivity index (χ2v) is 8.85. The SMILES string of the molecule is O=C(Nc1ccc(Cl)cc1)[C@@H]1[C@@H]2C(=O)N(c3ccc(Br)cc3)C(=O)[C@@H]2[C@H]2C=CC=NN21. The van der Waals surface area contributed by atoms with Crippen molar-refractivity contribution in [2.45, 2.75) is 12.1 Å². The number of halogens is 2. The lowest BCUT2D eigenvalue weighted by Crippen LogP contribution is -2.47. The lowest BCUT2D eigenvalue weighted by molar-refractivity contribution is -0.129. The number of nitrogens with one attached hydrogen (secondary N) is 1. The highest BCUT2D eigenvalue weighted by Crippen LogP contribution is 2.45. The van der Waals surface area contributed by atoms with Gasteiger partial charge < -0.3 is 5.32 Å². The van der Waals surface area contributed by atoms with Crippen molar-refractivity contribution >= 4 is 62.8 Å². The van der Waals surface area contributed by atoms with Crippen LogP contribution in [0, 0.1) is 11.8 Å². The molecule has 3 aliphatic rings. The Labute approximate surface area is 191 Å². The third kappa shape index (κ3) is 3.26. The minimum Gasteiger partial charge on any atom is -0.324 e. The molecule has 0 saturated carbocycles. The van der Waals surface area contributed by atoms with E-state index >= 15 is 0 Å². The Morgan fingerprint density at radius 3 is 2.39 bits per heavy atom. The summed E-state index contributed by atoms with van der Waals surface area (Å²) < 4.78 is 0.839. The lowest BCUT2D eigenvalue weighted by Gasteiger charge is -2.30. The molecule has 0 aliphatic carbocycles. The van der Waals surface area contributed by atoms with Crippen molar-refractivity contribution < 1.29 is 14.4 Å². The van der Waals surface area contributed by atoms with E-state index in [-0.39, 0.29) is 5.91 Å². The van der Waals surface area contributed by atoms with Crippen LogP contribution < -0.4 is 10.2 Å². The Morgan fingerprint density at radius 1 is 1.00 bits per heavy atom. The molecular formula is C22H16BrClN4O3. The normalized spacial score (nSPS) is 26.3. The summed E-state index contributed by atoms with van der Waals surface area (Å²) in [5, 5.41) is 9.26. The first kappa shape index (κ1) is 20.0. The summed E-state index contributed by atoms with van der Waals surface area (Å²) in [6, 6.07) is 12.3. The molecule has 156 valence electrons. The maximum absolute atomic E-state index is 13.4. The highest BCUT2D eigenvalue weighted by atomic mass is 79.9. The molecule has 3 amide bonds. The maximum atomic E-state index is 13.4. The molecule has 31 heavy (non-hydrogen) atoms. The zero-order valence-corrected chi connectivity index (χ0v) is 18.3. The Morgan fingerprint density at radius 2 is 1.68 bits per heavy atom. The molecule has 1 N–H and O–H groups in total. The van der Waals surface area contributed by atoms with Gasteiger partial charge in [0.25, 0.3) is 0 Å². The predicted molar refractivity (Wildman–Crippen MR) is 121 cm³/mol. The first-order valence-corrected chi connectivity index (χ1v) is 10.8. The Kier molecular flexibility index (Phi) is 4.91. The molecule has 0 bridgehead atoms. The van der Waals surface area contributed by atoms with Crippen LogP contribution in [-0.4, -0.2) is 41.0 Å². The number of nitrogens with zero attached hydrogens (tertiary/aromatic N) is 3. The number of imide groups is 1. The molecule has 0 aromatic heterocycles. The van der Waals surface area contributed by atoms with Gasteiger partial charge in [-0.25, -0.2) is 4.90 Å². The second kappa shape index (κ2) is 7.62. The van der Waals surface area contributed by atoms with E-state index < -0.39 is 35.7 Å². The van der Waals surface area contributed by atoms with Crippen LogP contribution >= 0.6 is 27.5 Å². The first-order chi connectivity index (χ1) is 15.0. The fourth-order valence-corrected chi connectivity index (χ4v) is 4.82. The summed E-state index contributed by atoms with van der Waals surface area (Å²) in [7, 11) is 0. The van der Waals surface area contributed by atoms with Crippen LogP contribution in [0.5, 0.6) is 0 Å². The van der Waals surface area contributed by atoms with Crippen molar-refractivity contribution in [3.05, 3.63) is 70.2 Å². The summed E-state index contributed by atoms with van der Waals surface area (Å²) in [6.45, 7) is 0. The molecule has 7 nitrogen and oxygen atoms in total. The second-order valence-electron chi connectivity index (χ2n) is 7.50. The van der Waals surface area contributed by atoms with E-state index in [9.17, 15) is 14.4 Å². The fourth-order valence-electron chi connectivity index (χ4n) is 4.43. The number of hydrogen-bond acceptors (Lipinski definition) is 5. The largest absolute Gasteiger partial charge is 0.324 e. The molecule has 5 rings (SSSR count). The van der Waals surface area contributed by atoms with E-state index in [0.717, 1.165) is 4.47 Å². The third-order valence-corrected chi connectivity index (χ3v) is 6.54. The topological polar surface area (TPSA) is 82.1 Å². The third-order valence-electron chi connectivity index (χ3n) is 5.76. The van der Waals surface area contributed by atoms with Crippen molar-refractivity contribution in [2.24, 2.45) is 16.9 Å². The average Bonchev–Trinajstić information content (AvgIpc) is 3.24. The van der Waals surface area contributed by atoms with Gasteiger partial charge in [-0.2, -0.15) is 5.10 Å². The van der Waals surface area contributed by atoms with E-state index in [1.54, 1.807) is 65.8 Å². The maximum Gasteiger partial charge on any atom is 0.249 e. The summed E-state index contributed by atoms with van der Waals surface area (Å²) in [6.07, 6.45) is 5.11. The molecule has 0 unspecified atom stereocenters. The zero-order valence-electron chi connectivity index (χ0n) is 16.0. The molecule has 0 spiro atoms. The highest BCUT2D eigenvalue weighted by molar-refractivity contribution is 9.10. The van der Waals surface area contributed by atoms with E-state index in [0.29, 0.717) is 16.4 Å². The van der Waals surface area contributed by atoms with Gasteiger partial charge in [-0.3, -0.25) is 19.4 Å². The summed E-state index contributed by atoms with van der Waals surface area (Å²) in [4.78, 5) is 41.2. The summed E-state index contributed by atoms with van der Waals surface area (Å²) in [5.41, 5.74) is 1.03. The number of hydrazone groups is 1. The van der Waals surface area contributed by atoms with E-state index in [1.807, 2.05) is 6.08 Å². The number of allylic oxidation sites excluding steroid dienone is 1. The highest BCUT2D eigenvalue weighted by Gasteiger charge is 2.64. The minimum atomic E-state index is -0.913. The Balaban J connectivity index is 1.50. The summed E-state index contributed by atoms with van der Waals surface area (Å²) in [5.74, 6) is -2.65. The van der Waals surface area contributed by atoms with Crippen molar-refractivity contribution in [1.29, 1.82) is 0 Å². The van der Waals surface area contributed by atoms with Gasteiger partial charge in [-0.1, -0.05) is 33.6 Å². The molecule has 2 aromatic rings. The van der Waals surface area contributed by atoms with Gasteiger partial charge in [0.05, 0.1) is 23.6 Å². The predicted octanol–water partition coefficient (Wildman–Crippen LogP) is 3.46. The van der Waals surface area contributed by atoms with Crippen LogP contribution in [0.3, 0.4) is 0 Å². The Bertz CT molecular complexity index is 1120. The molecule has 4 atom stereocenters. The fraction of sp³-hybridized carbons (Fsp3) is 0.182. The molecule has 9 heteroatoms. The van der Waals surface area contributed by atoms with Crippen LogP contribution in [0.25, 0.3) is 0 Å². The van der Waals surface area contributed by atoms with Crippen LogP contribution in [0.4, 0.5) is 11.4 Å². The van der Waals surface area contributed by atoms with Crippen LogP contribution in [-0.2, 0) is 14.4 Å². The van der Waals surface area contributed by atoms with Gasteiger partial charge in [0.1, 0.15) is 6.04 Å². The van der Waals surface area contributed by atoms with Crippen molar-refractivity contribution in [2.75, 3.05) is 10.2 Å². The van der Waals surface area contributed by atoms with E-state index in [4.69, 9.17) is 11.6 Å². The van der Waals surface area contributed by atoms with Crippen molar-refractivity contribution in [3.8, 4) is 0 Å². The van der Waals surface area contributed by atoms with E-state index in [1.165, 1.54) is 4.90 Å². The molecule has 2 saturated heterocycles. The van der Waals surface area contributed by atoms with Crippen molar-refractivity contribution in [3.63, 3.8) is 0 Å². The van der Waals surface area contributed by atoms with Gasteiger partial charge in [0.15, 0.2) is 0 Å².